The van der Waals surface area contributed by atoms with Gasteiger partial charge < -0.3 is 15.5 Å². The highest BCUT2D eigenvalue weighted by molar-refractivity contribution is 6.05. The summed E-state index contributed by atoms with van der Waals surface area (Å²) in [5.41, 5.74) is 2.55. The quantitative estimate of drug-likeness (QED) is 0.575. The molecular formula is C24H29N7O2. The van der Waals surface area contributed by atoms with Crippen LogP contribution in [0.2, 0.25) is 0 Å². The predicted octanol–water partition coefficient (Wildman–Crippen LogP) is 2.97. The van der Waals surface area contributed by atoms with E-state index in [-0.39, 0.29) is 23.3 Å². The highest BCUT2D eigenvalue weighted by Gasteiger charge is 2.24. The summed E-state index contributed by atoms with van der Waals surface area (Å²) in [6.07, 6.45) is 5.89. The minimum Gasteiger partial charge on any atom is -0.368 e. The molecule has 1 saturated heterocycles. The van der Waals surface area contributed by atoms with Crippen molar-refractivity contribution in [3.8, 4) is 0 Å². The molecule has 1 aliphatic carbocycles. The zero-order valence-electron chi connectivity index (χ0n) is 19.1. The maximum Gasteiger partial charge on any atom is 0.252 e. The summed E-state index contributed by atoms with van der Waals surface area (Å²) in [7, 11) is 0. The van der Waals surface area contributed by atoms with Gasteiger partial charge in [-0.1, -0.05) is 12.8 Å². The lowest BCUT2D eigenvalue weighted by atomic mass is 10.1. The third kappa shape index (κ3) is 4.20. The van der Waals surface area contributed by atoms with E-state index in [1.54, 1.807) is 10.6 Å². The predicted molar refractivity (Wildman–Crippen MR) is 129 cm³/mol. The largest absolute Gasteiger partial charge is 0.368 e. The lowest BCUT2D eigenvalue weighted by Gasteiger charge is -2.29. The Kier molecular flexibility index (Phi) is 5.80. The molecular weight excluding hydrogens is 418 g/mol. The van der Waals surface area contributed by atoms with Crippen LogP contribution in [0.15, 0.2) is 29.2 Å². The van der Waals surface area contributed by atoms with Crippen molar-refractivity contribution in [3.05, 3.63) is 46.0 Å². The normalized spacial score (nSPS) is 17.0. The van der Waals surface area contributed by atoms with E-state index in [0.717, 1.165) is 63.1 Å². The van der Waals surface area contributed by atoms with Gasteiger partial charge in [-0.15, -0.1) is 0 Å². The molecule has 0 radical (unpaired) electrons. The zero-order valence-corrected chi connectivity index (χ0v) is 19.1. The van der Waals surface area contributed by atoms with E-state index in [1.807, 2.05) is 25.3 Å². The number of pyridine rings is 2. The molecule has 0 bridgehead atoms. The molecule has 9 heteroatoms. The molecule has 2 aliphatic rings. The number of nitrogens with one attached hydrogen (secondary N) is 2. The van der Waals surface area contributed by atoms with Crippen LogP contribution in [0, 0.1) is 6.92 Å². The standard InChI is InChI=1S/C24H29N7O2/c1-15-13-20(33)31(17-5-3-4-6-17)23-21(15)22(16(2)32)28-24(29-23)27-19-8-7-18(14-26-19)30-11-9-25-10-12-30/h7-8,13-14,17,25H,3-6,9-12H2,1-2H3,(H,26,27,28,29). The van der Waals surface area contributed by atoms with Crippen molar-refractivity contribution in [1.82, 2.24) is 24.8 Å². The summed E-state index contributed by atoms with van der Waals surface area (Å²) in [5.74, 6) is 0.698. The van der Waals surface area contributed by atoms with Gasteiger partial charge in [0.2, 0.25) is 5.95 Å². The van der Waals surface area contributed by atoms with Crippen molar-refractivity contribution in [1.29, 1.82) is 0 Å². The number of rotatable bonds is 5. The molecule has 1 saturated carbocycles. The number of nitrogens with zero attached hydrogens (tertiary/aromatic N) is 5. The van der Waals surface area contributed by atoms with E-state index in [9.17, 15) is 9.59 Å². The fourth-order valence-corrected chi connectivity index (χ4v) is 4.93. The first-order chi connectivity index (χ1) is 16.0. The van der Waals surface area contributed by atoms with Crippen LogP contribution in [-0.2, 0) is 0 Å². The van der Waals surface area contributed by atoms with Crippen LogP contribution in [0.3, 0.4) is 0 Å². The van der Waals surface area contributed by atoms with Crippen molar-refractivity contribution < 1.29 is 4.79 Å². The first-order valence-corrected chi connectivity index (χ1v) is 11.6. The molecule has 172 valence electrons. The third-order valence-corrected chi connectivity index (χ3v) is 6.58. The van der Waals surface area contributed by atoms with Crippen LogP contribution in [0.1, 0.15) is 54.7 Å². The number of piperazine rings is 1. The smallest absolute Gasteiger partial charge is 0.252 e. The van der Waals surface area contributed by atoms with Crippen molar-refractivity contribution in [2.75, 3.05) is 36.4 Å². The Morgan fingerprint density at radius 3 is 2.58 bits per heavy atom. The lowest BCUT2D eigenvalue weighted by Crippen LogP contribution is -2.43. The fourth-order valence-electron chi connectivity index (χ4n) is 4.93. The molecule has 3 aromatic rings. The maximum atomic E-state index is 13.0. The number of ketones is 1. The van der Waals surface area contributed by atoms with Crippen LogP contribution in [0.5, 0.6) is 0 Å². The van der Waals surface area contributed by atoms with Crippen LogP contribution in [-0.4, -0.2) is 51.5 Å². The molecule has 0 aromatic carbocycles. The average Bonchev–Trinajstić information content (AvgIpc) is 3.34. The van der Waals surface area contributed by atoms with Gasteiger partial charge in [-0.05, 0) is 37.5 Å². The molecule has 3 aromatic heterocycles. The minimum absolute atomic E-state index is 0.0791. The molecule has 5 rings (SSSR count). The number of fused-ring (bicyclic) bond motifs is 1. The van der Waals surface area contributed by atoms with Gasteiger partial charge in [-0.3, -0.25) is 14.2 Å². The molecule has 4 heterocycles. The second kappa shape index (κ2) is 8.90. The van der Waals surface area contributed by atoms with E-state index in [4.69, 9.17) is 4.98 Å². The summed E-state index contributed by atoms with van der Waals surface area (Å²) in [5, 5.41) is 7.15. The molecule has 0 amide bonds. The summed E-state index contributed by atoms with van der Waals surface area (Å²) < 4.78 is 1.76. The van der Waals surface area contributed by atoms with Gasteiger partial charge >= 0.3 is 0 Å². The topological polar surface area (TPSA) is 105 Å². The van der Waals surface area contributed by atoms with E-state index in [0.29, 0.717) is 22.5 Å². The van der Waals surface area contributed by atoms with Crippen molar-refractivity contribution in [2.24, 2.45) is 0 Å². The van der Waals surface area contributed by atoms with Gasteiger partial charge in [0, 0.05) is 45.2 Å². The SMILES string of the molecule is CC(=O)c1nc(Nc2ccc(N3CCNCC3)cn2)nc2c1c(C)cc(=O)n2C1CCCC1. The van der Waals surface area contributed by atoms with Crippen LogP contribution < -0.4 is 21.1 Å². The molecule has 1 aliphatic heterocycles. The Balaban J connectivity index is 1.55. The number of hydrogen-bond acceptors (Lipinski definition) is 8. The first-order valence-electron chi connectivity index (χ1n) is 11.6. The van der Waals surface area contributed by atoms with Crippen LogP contribution in [0.25, 0.3) is 11.0 Å². The van der Waals surface area contributed by atoms with Gasteiger partial charge in [-0.2, -0.15) is 4.98 Å². The van der Waals surface area contributed by atoms with Crippen molar-refractivity contribution >= 4 is 34.3 Å². The molecule has 9 nitrogen and oxygen atoms in total. The number of Topliss-reactive ketones (excluding diaryl/α,β-unsaturated/α-hetero) is 1. The monoisotopic (exact) mass is 447 g/mol. The number of hydrogen-bond donors (Lipinski definition) is 2. The summed E-state index contributed by atoms with van der Waals surface area (Å²) in [6, 6.07) is 5.60. The number of carbonyl (C=O) groups excluding carboxylic acids is 1. The van der Waals surface area contributed by atoms with Crippen LogP contribution in [0.4, 0.5) is 17.5 Å². The Morgan fingerprint density at radius 2 is 1.91 bits per heavy atom. The first kappa shape index (κ1) is 21.5. The lowest BCUT2D eigenvalue weighted by molar-refractivity contribution is 0.101. The molecule has 2 fully saturated rings. The summed E-state index contributed by atoms with van der Waals surface area (Å²) in [4.78, 5) is 41.5. The highest BCUT2D eigenvalue weighted by atomic mass is 16.1. The van der Waals surface area contributed by atoms with Crippen LogP contribution >= 0.6 is 0 Å². The van der Waals surface area contributed by atoms with Gasteiger partial charge in [0.05, 0.1) is 17.3 Å². The number of carbonyl (C=O) groups is 1. The third-order valence-electron chi connectivity index (χ3n) is 6.58. The summed E-state index contributed by atoms with van der Waals surface area (Å²) in [6.45, 7) is 7.14. The van der Waals surface area contributed by atoms with E-state index < -0.39 is 0 Å². The molecule has 0 atom stereocenters. The molecule has 2 N–H and O–H groups in total. The van der Waals surface area contributed by atoms with Gasteiger partial charge in [0.1, 0.15) is 17.2 Å². The van der Waals surface area contributed by atoms with Gasteiger partial charge in [0.25, 0.3) is 5.56 Å². The number of aromatic nitrogens is 4. The fraction of sp³-hybridized carbons (Fsp3) is 0.458. The Labute approximate surface area is 192 Å². The number of anilines is 3. The molecule has 33 heavy (non-hydrogen) atoms. The average molecular weight is 448 g/mol. The molecule has 0 spiro atoms. The Morgan fingerprint density at radius 1 is 1.15 bits per heavy atom. The van der Waals surface area contributed by atoms with E-state index >= 15 is 0 Å². The van der Waals surface area contributed by atoms with Gasteiger partial charge in [-0.25, -0.2) is 9.97 Å². The Bertz CT molecular complexity index is 1240. The molecule has 0 unspecified atom stereocenters. The minimum atomic E-state index is -0.160. The van der Waals surface area contributed by atoms with E-state index in [1.165, 1.54) is 6.92 Å². The maximum absolute atomic E-state index is 13.0. The van der Waals surface area contributed by atoms with E-state index in [2.05, 4.69) is 25.5 Å². The zero-order chi connectivity index (χ0) is 22.9. The van der Waals surface area contributed by atoms with Crippen molar-refractivity contribution in [3.63, 3.8) is 0 Å². The Hall–Kier alpha value is -3.33. The second-order valence-corrected chi connectivity index (χ2v) is 8.89. The number of aryl methyl sites for hydroxylation is 1. The highest BCUT2D eigenvalue weighted by Crippen LogP contribution is 2.32. The second-order valence-electron chi connectivity index (χ2n) is 8.89. The summed E-state index contributed by atoms with van der Waals surface area (Å²) >= 11 is 0. The van der Waals surface area contributed by atoms with Gasteiger partial charge in [0.15, 0.2) is 5.78 Å². The van der Waals surface area contributed by atoms with Crippen molar-refractivity contribution in [2.45, 2.75) is 45.6 Å².